The van der Waals surface area contributed by atoms with E-state index in [4.69, 9.17) is 10.00 Å². The van der Waals surface area contributed by atoms with Crippen LogP contribution in [0, 0.1) is 21.4 Å². The Bertz CT molecular complexity index is 410. The SMILES string of the molecule is CCCOc1ccc([N+](=O)[O-])c(C#N)c1. The molecule has 0 spiro atoms. The third-order valence-corrected chi connectivity index (χ3v) is 1.76. The number of nitro groups is 1. The quantitative estimate of drug-likeness (QED) is 0.559. The number of hydrogen-bond acceptors (Lipinski definition) is 4. The van der Waals surface area contributed by atoms with Gasteiger partial charge in [0.1, 0.15) is 17.4 Å². The van der Waals surface area contributed by atoms with Gasteiger partial charge < -0.3 is 4.74 Å². The minimum atomic E-state index is -0.581. The van der Waals surface area contributed by atoms with Gasteiger partial charge in [-0.2, -0.15) is 5.26 Å². The van der Waals surface area contributed by atoms with Gasteiger partial charge in [0, 0.05) is 12.1 Å². The zero-order valence-electron chi connectivity index (χ0n) is 8.27. The predicted octanol–water partition coefficient (Wildman–Crippen LogP) is 2.26. The number of nitro benzene ring substituents is 1. The Hall–Kier alpha value is -2.09. The van der Waals surface area contributed by atoms with Crippen LogP contribution in [0.1, 0.15) is 18.9 Å². The standard InChI is InChI=1S/C10H10N2O3/c1-2-5-15-9-3-4-10(12(13)14)8(6-9)7-11/h3-4,6H,2,5H2,1H3. The van der Waals surface area contributed by atoms with Crippen molar-refractivity contribution in [2.45, 2.75) is 13.3 Å². The van der Waals surface area contributed by atoms with Crippen LogP contribution in [-0.4, -0.2) is 11.5 Å². The van der Waals surface area contributed by atoms with Crippen molar-refractivity contribution in [3.63, 3.8) is 0 Å². The average Bonchev–Trinajstić information content (AvgIpc) is 2.25. The fraction of sp³-hybridized carbons (Fsp3) is 0.300. The number of nitrogens with zero attached hydrogens (tertiary/aromatic N) is 2. The van der Waals surface area contributed by atoms with Crippen LogP contribution >= 0.6 is 0 Å². The Labute approximate surface area is 87.1 Å². The smallest absolute Gasteiger partial charge is 0.287 e. The topological polar surface area (TPSA) is 76.2 Å². The summed E-state index contributed by atoms with van der Waals surface area (Å²) in [6.45, 7) is 2.49. The van der Waals surface area contributed by atoms with E-state index in [-0.39, 0.29) is 11.3 Å². The second-order valence-corrected chi connectivity index (χ2v) is 2.90. The molecule has 5 nitrogen and oxygen atoms in total. The summed E-state index contributed by atoms with van der Waals surface area (Å²) in [7, 11) is 0. The highest BCUT2D eigenvalue weighted by Crippen LogP contribution is 2.23. The maximum absolute atomic E-state index is 10.5. The van der Waals surface area contributed by atoms with Crippen molar-refractivity contribution in [2.75, 3.05) is 6.61 Å². The Balaban J connectivity index is 2.98. The van der Waals surface area contributed by atoms with Gasteiger partial charge in [-0.15, -0.1) is 0 Å². The molecule has 0 N–H and O–H groups in total. The molecule has 0 unspecified atom stereocenters. The first kappa shape index (κ1) is 11.0. The van der Waals surface area contributed by atoms with E-state index >= 15 is 0 Å². The highest BCUT2D eigenvalue weighted by molar-refractivity contribution is 5.52. The molecule has 78 valence electrons. The van der Waals surface area contributed by atoms with E-state index in [9.17, 15) is 10.1 Å². The Kier molecular flexibility index (Phi) is 3.63. The Morgan fingerprint density at radius 3 is 2.87 bits per heavy atom. The van der Waals surface area contributed by atoms with Crippen molar-refractivity contribution >= 4 is 5.69 Å². The number of benzene rings is 1. The summed E-state index contributed by atoms with van der Waals surface area (Å²) in [6, 6.07) is 5.93. The van der Waals surface area contributed by atoms with Crippen molar-refractivity contribution in [2.24, 2.45) is 0 Å². The van der Waals surface area contributed by atoms with Gasteiger partial charge in [-0.05, 0) is 12.5 Å². The molecule has 0 aliphatic rings. The molecule has 0 saturated heterocycles. The third-order valence-electron chi connectivity index (χ3n) is 1.76. The number of rotatable bonds is 4. The fourth-order valence-corrected chi connectivity index (χ4v) is 1.07. The maximum Gasteiger partial charge on any atom is 0.287 e. The Morgan fingerprint density at radius 2 is 2.33 bits per heavy atom. The summed E-state index contributed by atoms with van der Waals surface area (Å²) in [5.74, 6) is 0.485. The zero-order valence-corrected chi connectivity index (χ0v) is 8.27. The molecule has 0 saturated carbocycles. The van der Waals surface area contributed by atoms with Crippen molar-refractivity contribution < 1.29 is 9.66 Å². The lowest BCUT2D eigenvalue weighted by Gasteiger charge is -2.04. The fourth-order valence-electron chi connectivity index (χ4n) is 1.07. The van der Waals surface area contributed by atoms with E-state index < -0.39 is 4.92 Å². The molecular weight excluding hydrogens is 196 g/mol. The first-order valence-corrected chi connectivity index (χ1v) is 4.50. The summed E-state index contributed by atoms with van der Waals surface area (Å²) in [6.07, 6.45) is 0.846. The molecule has 15 heavy (non-hydrogen) atoms. The highest BCUT2D eigenvalue weighted by atomic mass is 16.6. The third kappa shape index (κ3) is 2.68. The van der Waals surface area contributed by atoms with Crippen LogP contribution in [0.3, 0.4) is 0 Å². The van der Waals surface area contributed by atoms with Crippen molar-refractivity contribution in [3.05, 3.63) is 33.9 Å². The van der Waals surface area contributed by atoms with Gasteiger partial charge in [0.25, 0.3) is 5.69 Å². The van der Waals surface area contributed by atoms with Crippen LogP contribution in [0.2, 0.25) is 0 Å². The molecule has 0 heterocycles. The number of hydrogen-bond donors (Lipinski definition) is 0. The van der Waals surface area contributed by atoms with Gasteiger partial charge in [0.2, 0.25) is 0 Å². The molecule has 1 aromatic carbocycles. The molecule has 0 aliphatic carbocycles. The molecule has 1 rings (SSSR count). The van der Waals surface area contributed by atoms with Crippen LogP contribution in [0.4, 0.5) is 5.69 Å². The first-order valence-electron chi connectivity index (χ1n) is 4.50. The van der Waals surface area contributed by atoms with E-state index in [0.29, 0.717) is 12.4 Å². The summed E-state index contributed by atoms with van der Waals surface area (Å²) in [5, 5.41) is 19.2. The van der Waals surface area contributed by atoms with Gasteiger partial charge in [0.05, 0.1) is 11.5 Å². The second-order valence-electron chi connectivity index (χ2n) is 2.90. The highest BCUT2D eigenvalue weighted by Gasteiger charge is 2.13. The van der Waals surface area contributed by atoms with Crippen LogP contribution < -0.4 is 4.74 Å². The van der Waals surface area contributed by atoms with E-state index in [1.807, 2.05) is 6.92 Å². The minimum Gasteiger partial charge on any atom is -0.494 e. The molecule has 5 heteroatoms. The largest absolute Gasteiger partial charge is 0.494 e. The Morgan fingerprint density at radius 1 is 1.60 bits per heavy atom. The summed E-state index contributed by atoms with van der Waals surface area (Å²) >= 11 is 0. The molecule has 0 radical (unpaired) electrons. The van der Waals surface area contributed by atoms with Crippen LogP contribution in [0.25, 0.3) is 0 Å². The molecule has 0 bridgehead atoms. The average molecular weight is 206 g/mol. The lowest BCUT2D eigenvalue weighted by atomic mass is 10.2. The first-order chi connectivity index (χ1) is 7.19. The predicted molar refractivity (Wildman–Crippen MR) is 53.6 cm³/mol. The second kappa shape index (κ2) is 4.96. The molecule has 1 aromatic rings. The van der Waals surface area contributed by atoms with Crippen molar-refractivity contribution in [3.8, 4) is 11.8 Å². The van der Waals surface area contributed by atoms with E-state index in [2.05, 4.69) is 0 Å². The van der Waals surface area contributed by atoms with Gasteiger partial charge in [-0.3, -0.25) is 10.1 Å². The van der Waals surface area contributed by atoms with Crippen LogP contribution in [0.5, 0.6) is 5.75 Å². The zero-order chi connectivity index (χ0) is 11.3. The van der Waals surface area contributed by atoms with Crippen LogP contribution in [-0.2, 0) is 0 Å². The maximum atomic E-state index is 10.5. The lowest BCUT2D eigenvalue weighted by Crippen LogP contribution is -1.97. The van der Waals surface area contributed by atoms with Gasteiger partial charge in [-0.1, -0.05) is 6.92 Å². The summed E-state index contributed by atoms with van der Waals surface area (Å²) < 4.78 is 5.26. The van der Waals surface area contributed by atoms with E-state index in [1.54, 1.807) is 6.07 Å². The van der Waals surface area contributed by atoms with Gasteiger partial charge in [0.15, 0.2) is 0 Å². The molecule has 0 fully saturated rings. The number of ether oxygens (including phenoxy) is 1. The molecule has 0 atom stereocenters. The van der Waals surface area contributed by atoms with Crippen molar-refractivity contribution in [1.82, 2.24) is 0 Å². The summed E-state index contributed by atoms with van der Waals surface area (Å²) in [5.41, 5.74) is -0.171. The normalized spacial score (nSPS) is 9.33. The molecular formula is C10H10N2O3. The van der Waals surface area contributed by atoms with E-state index in [0.717, 1.165) is 6.42 Å². The minimum absolute atomic E-state index is 0.0219. The number of nitriles is 1. The monoisotopic (exact) mass is 206 g/mol. The van der Waals surface area contributed by atoms with Crippen LogP contribution in [0.15, 0.2) is 18.2 Å². The molecule has 0 amide bonds. The summed E-state index contributed by atoms with van der Waals surface area (Å²) in [4.78, 5) is 9.94. The van der Waals surface area contributed by atoms with Crippen molar-refractivity contribution in [1.29, 1.82) is 5.26 Å². The lowest BCUT2D eigenvalue weighted by molar-refractivity contribution is -0.385. The molecule has 0 aromatic heterocycles. The van der Waals surface area contributed by atoms with Gasteiger partial charge >= 0.3 is 0 Å². The van der Waals surface area contributed by atoms with Gasteiger partial charge in [-0.25, -0.2) is 0 Å². The van der Waals surface area contributed by atoms with E-state index in [1.165, 1.54) is 18.2 Å². The molecule has 0 aliphatic heterocycles.